The van der Waals surface area contributed by atoms with Crippen LogP contribution in [-0.2, 0) is 11.2 Å². The molecule has 0 saturated heterocycles. The van der Waals surface area contributed by atoms with Gasteiger partial charge < -0.3 is 5.73 Å². The second-order valence-electron chi connectivity index (χ2n) is 2.35. The number of carbonyl (C=O) groups is 1. The van der Waals surface area contributed by atoms with Gasteiger partial charge in [-0.1, -0.05) is 0 Å². The van der Waals surface area contributed by atoms with Crippen LogP contribution in [0.3, 0.4) is 0 Å². The van der Waals surface area contributed by atoms with Crippen LogP contribution >= 0.6 is 11.3 Å². The van der Waals surface area contributed by atoms with Gasteiger partial charge in [-0.15, -0.1) is 11.3 Å². The maximum Gasteiger partial charge on any atom is 0.217 e. The van der Waals surface area contributed by atoms with Gasteiger partial charge in [-0.25, -0.2) is 4.98 Å². The van der Waals surface area contributed by atoms with Crippen molar-refractivity contribution in [2.45, 2.75) is 19.8 Å². The van der Waals surface area contributed by atoms with Gasteiger partial charge in [0.2, 0.25) is 5.91 Å². The van der Waals surface area contributed by atoms with E-state index in [1.54, 1.807) is 11.3 Å². The van der Waals surface area contributed by atoms with E-state index in [0.29, 0.717) is 12.8 Å². The van der Waals surface area contributed by atoms with E-state index < -0.39 is 0 Å². The van der Waals surface area contributed by atoms with E-state index in [4.69, 9.17) is 5.73 Å². The van der Waals surface area contributed by atoms with Crippen molar-refractivity contribution in [3.8, 4) is 0 Å². The Bertz CT molecular complexity index is 257. The summed E-state index contributed by atoms with van der Waals surface area (Å²) in [6.45, 7) is 1.93. The van der Waals surface area contributed by atoms with Crippen molar-refractivity contribution in [1.82, 2.24) is 4.98 Å². The fraction of sp³-hybridized carbons (Fsp3) is 0.429. The van der Waals surface area contributed by atoms with Gasteiger partial charge in [-0.2, -0.15) is 0 Å². The number of nitrogens with zero attached hydrogens (tertiary/aromatic N) is 1. The van der Waals surface area contributed by atoms with Gasteiger partial charge in [0.1, 0.15) is 0 Å². The van der Waals surface area contributed by atoms with Crippen molar-refractivity contribution in [1.29, 1.82) is 0 Å². The molecule has 1 rings (SSSR count). The molecule has 3 nitrogen and oxygen atoms in total. The van der Waals surface area contributed by atoms with E-state index in [-0.39, 0.29) is 5.91 Å². The Balaban J connectivity index is 2.45. The third-order valence-electron chi connectivity index (χ3n) is 1.25. The number of amides is 1. The van der Waals surface area contributed by atoms with Gasteiger partial charge in [0.25, 0.3) is 0 Å². The number of aryl methyl sites for hydroxylation is 2. The Hall–Kier alpha value is -0.900. The molecular formula is C7H10N2OS. The smallest absolute Gasteiger partial charge is 0.217 e. The molecule has 4 heteroatoms. The molecule has 0 radical (unpaired) electrons. The molecule has 0 spiro atoms. The van der Waals surface area contributed by atoms with E-state index in [9.17, 15) is 4.79 Å². The lowest BCUT2D eigenvalue weighted by molar-refractivity contribution is -0.117. The molecule has 11 heavy (non-hydrogen) atoms. The van der Waals surface area contributed by atoms with Crippen LogP contribution in [-0.4, -0.2) is 10.9 Å². The van der Waals surface area contributed by atoms with Crippen LogP contribution in [0.4, 0.5) is 0 Å². The van der Waals surface area contributed by atoms with Crippen molar-refractivity contribution >= 4 is 17.2 Å². The second-order valence-corrected chi connectivity index (χ2v) is 3.29. The molecule has 0 saturated carbocycles. The summed E-state index contributed by atoms with van der Waals surface area (Å²) >= 11 is 1.57. The van der Waals surface area contributed by atoms with Gasteiger partial charge in [0.05, 0.1) is 5.01 Å². The summed E-state index contributed by atoms with van der Waals surface area (Å²) in [7, 11) is 0. The van der Waals surface area contributed by atoms with Crippen LogP contribution in [0.5, 0.6) is 0 Å². The number of hydrogen-bond acceptors (Lipinski definition) is 3. The summed E-state index contributed by atoms with van der Waals surface area (Å²) in [5.41, 5.74) is 5.99. The Morgan fingerprint density at radius 3 is 3.00 bits per heavy atom. The maximum atomic E-state index is 10.4. The first kappa shape index (κ1) is 8.20. The standard InChI is InChI=1S/C7H10N2OS/c1-5-4-11-7(9-5)3-2-6(8)10/h4H,2-3H2,1H3,(H2,8,10). The van der Waals surface area contributed by atoms with E-state index in [2.05, 4.69) is 4.98 Å². The number of thiazole rings is 1. The summed E-state index contributed by atoms with van der Waals surface area (Å²) in [6.07, 6.45) is 1.07. The van der Waals surface area contributed by atoms with Gasteiger partial charge in [-0.3, -0.25) is 4.79 Å². The third-order valence-corrected chi connectivity index (χ3v) is 2.28. The number of rotatable bonds is 3. The lowest BCUT2D eigenvalue weighted by Crippen LogP contribution is -2.10. The van der Waals surface area contributed by atoms with Gasteiger partial charge >= 0.3 is 0 Å². The third kappa shape index (κ3) is 2.67. The lowest BCUT2D eigenvalue weighted by atomic mass is 10.3. The largest absolute Gasteiger partial charge is 0.370 e. The fourth-order valence-corrected chi connectivity index (χ4v) is 1.52. The van der Waals surface area contributed by atoms with Crippen LogP contribution in [0.15, 0.2) is 5.38 Å². The molecule has 0 bridgehead atoms. The monoisotopic (exact) mass is 170 g/mol. The van der Waals surface area contributed by atoms with Crippen LogP contribution in [0.2, 0.25) is 0 Å². The number of nitrogens with two attached hydrogens (primary N) is 1. The first-order chi connectivity index (χ1) is 5.18. The average Bonchev–Trinajstić information content (AvgIpc) is 2.31. The topological polar surface area (TPSA) is 56.0 Å². The SMILES string of the molecule is Cc1csc(CCC(N)=O)n1. The number of primary amides is 1. The zero-order chi connectivity index (χ0) is 8.27. The van der Waals surface area contributed by atoms with Gasteiger partial charge in [0.15, 0.2) is 0 Å². The number of aromatic nitrogens is 1. The highest BCUT2D eigenvalue weighted by Gasteiger charge is 2.00. The quantitative estimate of drug-likeness (QED) is 0.731. The molecule has 0 aliphatic heterocycles. The minimum Gasteiger partial charge on any atom is -0.370 e. The molecule has 0 aliphatic rings. The fourth-order valence-electron chi connectivity index (χ4n) is 0.748. The minimum absolute atomic E-state index is 0.266. The van der Waals surface area contributed by atoms with Crippen molar-refractivity contribution < 1.29 is 4.79 Å². The Morgan fingerprint density at radius 1 is 1.82 bits per heavy atom. The van der Waals surface area contributed by atoms with Crippen molar-refractivity contribution in [3.05, 3.63) is 16.1 Å². The molecule has 0 unspecified atom stereocenters. The minimum atomic E-state index is -0.266. The van der Waals surface area contributed by atoms with Crippen LogP contribution in [0, 0.1) is 6.92 Å². The molecule has 0 aliphatic carbocycles. The number of hydrogen-bond donors (Lipinski definition) is 1. The normalized spacial score (nSPS) is 9.91. The van der Waals surface area contributed by atoms with E-state index in [1.807, 2.05) is 12.3 Å². The second kappa shape index (κ2) is 3.48. The molecule has 1 aromatic rings. The summed E-state index contributed by atoms with van der Waals surface area (Å²) in [5.74, 6) is -0.266. The number of carbonyl (C=O) groups excluding carboxylic acids is 1. The molecule has 2 N–H and O–H groups in total. The van der Waals surface area contributed by atoms with Crippen LogP contribution in [0.25, 0.3) is 0 Å². The molecule has 60 valence electrons. The molecule has 1 heterocycles. The highest BCUT2D eigenvalue weighted by atomic mass is 32.1. The Kier molecular flexibility index (Phi) is 2.59. The summed E-state index contributed by atoms with van der Waals surface area (Å²) in [6, 6.07) is 0. The van der Waals surface area contributed by atoms with Crippen molar-refractivity contribution in [3.63, 3.8) is 0 Å². The molecule has 1 amide bonds. The van der Waals surface area contributed by atoms with Crippen molar-refractivity contribution in [2.24, 2.45) is 5.73 Å². The van der Waals surface area contributed by atoms with E-state index in [0.717, 1.165) is 10.7 Å². The summed E-state index contributed by atoms with van der Waals surface area (Å²) in [4.78, 5) is 14.6. The first-order valence-electron chi connectivity index (χ1n) is 3.38. The Morgan fingerprint density at radius 2 is 2.55 bits per heavy atom. The van der Waals surface area contributed by atoms with Crippen LogP contribution in [0.1, 0.15) is 17.1 Å². The zero-order valence-electron chi connectivity index (χ0n) is 6.33. The maximum absolute atomic E-state index is 10.4. The lowest BCUT2D eigenvalue weighted by Gasteiger charge is -1.89. The molecule has 0 fully saturated rings. The highest BCUT2D eigenvalue weighted by molar-refractivity contribution is 7.09. The molecular weight excluding hydrogens is 160 g/mol. The predicted molar refractivity (Wildman–Crippen MR) is 44.4 cm³/mol. The highest BCUT2D eigenvalue weighted by Crippen LogP contribution is 2.10. The summed E-state index contributed by atoms with van der Waals surface area (Å²) in [5, 5.41) is 2.96. The van der Waals surface area contributed by atoms with Gasteiger partial charge in [0, 0.05) is 23.9 Å². The average molecular weight is 170 g/mol. The Labute approximate surface area is 69.3 Å². The summed E-state index contributed by atoms with van der Waals surface area (Å²) < 4.78 is 0. The molecule has 0 aromatic carbocycles. The predicted octanol–water partition coefficient (Wildman–Crippen LogP) is 0.869. The van der Waals surface area contributed by atoms with Crippen LogP contribution < -0.4 is 5.73 Å². The molecule has 1 aromatic heterocycles. The zero-order valence-corrected chi connectivity index (χ0v) is 7.15. The van der Waals surface area contributed by atoms with E-state index in [1.165, 1.54) is 0 Å². The van der Waals surface area contributed by atoms with Crippen molar-refractivity contribution in [2.75, 3.05) is 0 Å². The molecule has 0 atom stereocenters. The van der Waals surface area contributed by atoms with E-state index >= 15 is 0 Å². The first-order valence-corrected chi connectivity index (χ1v) is 4.26. The van der Waals surface area contributed by atoms with Gasteiger partial charge in [-0.05, 0) is 6.92 Å².